The van der Waals surface area contributed by atoms with Gasteiger partial charge in [-0.2, -0.15) is 0 Å². The molecule has 1 saturated heterocycles. The molecule has 0 aromatic carbocycles. The Morgan fingerprint density at radius 3 is 2.67 bits per heavy atom. The molecule has 1 aliphatic carbocycles. The van der Waals surface area contributed by atoms with Gasteiger partial charge in [-0.1, -0.05) is 26.7 Å². The van der Waals surface area contributed by atoms with E-state index < -0.39 is 0 Å². The van der Waals surface area contributed by atoms with E-state index >= 15 is 0 Å². The predicted octanol–water partition coefficient (Wildman–Crippen LogP) is 3.40. The lowest BCUT2D eigenvalue weighted by Gasteiger charge is -2.14. The first-order valence-electron chi connectivity index (χ1n) is 8.81. The number of likely N-dealkylation sites (N-methyl/N-ethyl adjacent to an activating group) is 1. The SMILES string of the molecule is CCC(C)CCCc1nnc(C2CCN(C)C2)n1C1CC1. The molecule has 0 amide bonds. The van der Waals surface area contributed by atoms with Crippen molar-refractivity contribution in [2.45, 2.75) is 70.8 Å². The number of aromatic nitrogens is 3. The van der Waals surface area contributed by atoms with Gasteiger partial charge < -0.3 is 9.47 Å². The fraction of sp³-hybridized carbons (Fsp3) is 0.882. The molecule has 21 heavy (non-hydrogen) atoms. The Labute approximate surface area is 128 Å². The summed E-state index contributed by atoms with van der Waals surface area (Å²) in [5.41, 5.74) is 0. The standard InChI is InChI=1S/C17H30N4/c1-4-13(2)6-5-7-16-18-19-17(21(16)15-8-9-15)14-10-11-20(3)12-14/h13-15H,4-12H2,1-3H3. The summed E-state index contributed by atoms with van der Waals surface area (Å²) in [6.45, 7) is 6.99. The Morgan fingerprint density at radius 1 is 1.24 bits per heavy atom. The molecule has 3 rings (SSSR count). The van der Waals surface area contributed by atoms with Crippen LogP contribution in [0.1, 0.15) is 76.0 Å². The van der Waals surface area contributed by atoms with Gasteiger partial charge in [-0.05, 0) is 45.2 Å². The smallest absolute Gasteiger partial charge is 0.137 e. The summed E-state index contributed by atoms with van der Waals surface area (Å²) in [6.07, 6.45) is 8.86. The van der Waals surface area contributed by atoms with E-state index in [0.29, 0.717) is 12.0 Å². The van der Waals surface area contributed by atoms with Crippen LogP contribution >= 0.6 is 0 Å². The van der Waals surface area contributed by atoms with Gasteiger partial charge in [-0.3, -0.25) is 0 Å². The molecule has 4 nitrogen and oxygen atoms in total. The number of nitrogens with zero attached hydrogens (tertiary/aromatic N) is 4. The third-order valence-corrected chi connectivity index (χ3v) is 5.26. The van der Waals surface area contributed by atoms with Crippen molar-refractivity contribution in [1.29, 1.82) is 0 Å². The second kappa shape index (κ2) is 6.47. The zero-order valence-corrected chi connectivity index (χ0v) is 13.9. The summed E-state index contributed by atoms with van der Waals surface area (Å²) in [6, 6.07) is 0.708. The van der Waals surface area contributed by atoms with Crippen LogP contribution in [-0.2, 0) is 6.42 Å². The fourth-order valence-electron chi connectivity index (χ4n) is 3.48. The van der Waals surface area contributed by atoms with Crippen molar-refractivity contribution in [1.82, 2.24) is 19.7 Å². The number of aryl methyl sites for hydroxylation is 1. The highest BCUT2D eigenvalue weighted by atomic mass is 15.3. The van der Waals surface area contributed by atoms with Gasteiger partial charge in [-0.15, -0.1) is 10.2 Å². The average Bonchev–Trinajstić information content (AvgIpc) is 3.09. The van der Waals surface area contributed by atoms with Crippen LogP contribution in [0.25, 0.3) is 0 Å². The maximum atomic E-state index is 4.60. The molecule has 0 N–H and O–H groups in total. The predicted molar refractivity (Wildman–Crippen MR) is 85.5 cm³/mol. The van der Waals surface area contributed by atoms with E-state index in [1.54, 1.807) is 0 Å². The zero-order valence-electron chi connectivity index (χ0n) is 13.9. The second-order valence-corrected chi connectivity index (χ2v) is 7.23. The minimum atomic E-state index is 0.603. The lowest BCUT2D eigenvalue weighted by atomic mass is 10.0. The van der Waals surface area contributed by atoms with Crippen molar-refractivity contribution < 1.29 is 0 Å². The molecule has 2 fully saturated rings. The molecule has 4 heteroatoms. The Kier molecular flexibility index (Phi) is 4.63. The Balaban J connectivity index is 1.68. The van der Waals surface area contributed by atoms with Crippen LogP contribution in [0.2, 0.25) is 0 Å². The summed E-state index contributed by atoms with van der Waals surface area (Å²) in [5.74, 6) is 3.97. The molecule has 1 saturated carbocycles. The lowest BCUT2D eigenvalue weighted by Crippen LogP contribution is -2.16. The van der Waals surface area contributed by atoms with Gasteiger partial charge >= 0.3 is 0 Å². The van der Waals surface area contributed by atoms with Crippen molar-refractivity contribution in [3.05, 3.63) is 11.6 Å². The molecule has 1 aromatic heterocycles. The molecule has 1 aromatic rings. The first-order valence-corrected chi connectivity index (χ1v) is 8.81. The van der Waals surface area contributed by atoms with Gasteiger partial charge in [0.15, 0.2) is 0 Å². The molecule has 0 bridgehead atoms. The van der Waals surface area contributed by atoms with Gasteiger partial charge in [0.25, 0.3) is 0 Å². The molecule has 118 valence electrons. The molecule has 0 spiro atoms. The van der Waals surface area contributed by atoms with E-state index in [4.69, 9.17) is 0 Å². The van der Waals surface area contributed by atoms with E-state index in [2.05, 4.69) is 40.6 Å². The summed E-state index contributed by atoms with van der Waals surface area (Å²) < 4.78 is 2.51. The monoisotopic (exact) mass is 290 g/mol. The maximum Gasteiger partial charge on any atom is 0.137 e. The van der Waals surface area contributed by atoms with E-state index in [9.17, 15) is 0 Å². The summed E-state index contributed by atoms with van der Waals surface area (Å²) in [4.78, 5) is 2.42. The van der Waals surface area contributed by atoms with Crippen molar-refractivity contribution in [2.75, 3.05) is 20.1 Å². The van der Waals surface area contributed by atoms with Crippen LogP contribution in [0.15, 0.2) is 0 Å². The molecular formula is C17H30N4. The number of rotatable bonds is 7. The molecular weight excluding hydrogens is 260 g/mol. The first kappa shape index (κ1) is 15.0. The zero-order chi connectivity index (χ0) is 14.8. The number of hydrogen-bond donors (Lipinski definition) is 0. The average molecular weight is 290 g/mol. The van der Waals surface area contributed by atoms with Crippen molar-refractivity contribution in [3.63, 3.8) is 0 Å². The van der Waals surface area contributed by atoms with Gasteiger partial charge in [0, 0.05) is 24.9 Å². The Morgan fingerprint density at radius 2 is 2.05 bits per heavy atom. The summed E-state index contributed by atoms with van der Waals surface area (Å²) >= 11 is 0. The fourth-order valence-corrected chi connectivity index (χ4v) is 3.48. The molecule has 1 aliphatic heterocycles. The van der Waals surface area contributed by atoms with Crippen LogP contribution in [0.4, 0.5) is 0 Å². The van der Waals surface area contributed by atoms with Crippen molar-refractivity contribution in [2.24, 2.45) is 5.92 Å². The first-order chi connectivity index (χ1) is 10.2. The van der Waals surface area contributed by atoms with Crippen LogP contribution < -0.4 is 0 Å². The molecule has 0 radical (unpaired) electrons. The topological polar surface area (TPSA) is 34.0 Å². The minimum Gasteiger partial charge on any atom is -0.312 e. The van der Waals surface area contributed by atoms with Gasteiger partial charge in [0.1, 0.15) is 11.6 Å². The van der Waals surface area contributed by atoms with E-state index in [1.807, 2.05) is 0 Å². The normalized spacial score (nSPS) is 24.6. The third-order valence-electron chi connectivity index (χ3n) is 5.26. The third kappa shape index (κ3) is 3.47. The largest absolute Gasteiger partial charge is 0.312 e. The molecule has 2 heterocycles. The van der Waals surface area contributed by atoms with Gasteiger partial charge in [0.05, 0.1) is 0 Å². The van der Waals surface area contributed by atoms with Crippen LogP contribution in [0.5, 0.6) is 0 Å². The van der Waals surface area contributed by atoms with E-state index in [1.165, 1.54) is 56.7 Å². The van der Waals surface area contributed by atoms with Crippen molar-refractivity contribution in [3.8, 4) is 0 Å². The van der Waals surface area contributed by atoms with Crippen LogP contribution in [-0.4, -0.2) is 39.8 Å². The second-order valence-electron chi connectivity index (χ2n) is 7.23. The van der Waals surface area contributed by atoms with Gasteiger partial charge in [0.2, 0.25) is 0 Å². The van der Waals surface area contributed by atoms with Crippen LogP contribution in [0.3, 0.4) is 0 Å². The molecule has 2 atom stereocenters. The highest BCUT2D eigenvalue weighted by Crippen LogP contribution is 2.39. The van der Waals surface area contributed by atoms with Crippen LogP contribution in [0, 0.1) is 5.92 Å². The summed E-state index contributed by atoms with van der Waals surface area (Å²) in [7, 11) is 2.21. The Bertz CT molecular complexity index is 463. The number of likely N-dealkylation sites (tertiary alicyclic amines) is 1. The quantitative estimate of drug-likeness (QED) is 0.772. The highest BCUT2D eigenvalue weighted by molar-refractivity contribution is 5.10. The Hall–Kier alpha value is -0.900. The van der Waals surface area contributed by atoms with Crippen molar-refractivity contribution >= 4 is 0 Å². The minimum absolute atomic E-state index is 0.603. The van der Waals surface area contributed by atoms with E-state index in [-0.39, 0.29) is 0 Å². The maximum absolute atomic E-state index is 4.60. The molecule has 2 unspecified atom stereocenters. The molecule has 2 aliphatic rings. The number of hydrogen-bond acceptors (Lipinski definition) is 3. The van der Waals surface area contributed by atoms with E-state index in [0.717, 1.165) is 18.9 Å². The lowest BCUT2D eigenvalue weighted by molar-refractivity contribution is 0.407. The summed E-state index contributed by atoms with van der Waals surface area (Å²) in [5, 5.41) is 9.16. The van der Waals surface area contributed by atoms with Gasteiger partial charge in [-0.25, -0.2) is 0 Å². The highest BCUT2D eigenvalue weighted by Gasteiger charge is 2.33.